The van der Waals surface area contributed by atoms with Crippen LogP contribution in [-0.2, 0) is 18.3 Å². The van der Waals surface area contributed by atoms with Crippen LogP contribution in [0.2, 0.25) is 0 Å². The molecule has 1 saturated heterocycles. The minimum Gasteiger partial charge on any atom is -0.376 e. The van der Waals surface area contributed by atoms with E-state index in [0.717, 1.165) is 25.0 Å². The molecular weight excluding hydrogens is 294 g/mol. The Morgan fingerprint density at radius 2 is 2.43 bits per heavy atom. The Morgan fingerprint density at radius 3 is 3.09 bits per heavy atom. The van der Waals surface area contributed by atoms with Crippen LogP contribution in [-0.4, -0.2) is 45.0 Å². The molecule has 0 unspecified atom stereocenters. The highest BCUT2D eigenvalue weighted by Gasteiger charge is 2.23. The first-order chi connectivity index (χ1) is 11.2. The predicted molar refractivity (Wildman–Crippen MR) is 85.8 cm³/mol. The van der Waals surface area contributed by atoms with Crippen molar-refractivity contribution in [3.05, 3.63) is 42.5 Å². The fraction of sp³-hybridized carbons (Fsp3) is 0.438. The van der Waals surface area contributed by atoms with E-state index < -0.39 is 0 Å². The summed E-state index contributed by atoms with van der Waals surface area (Å²) in [7, 11) is 1.81. The summed E-state index contributed by atoms with van der Waals surface area (Å²) in [5.41, 5.74) is 1.67. The van der Waals surface area contributed by atoms with Crippen molar-refractivity contribution >= 4 is 11.7 Å². The molecule has 0 saturated carbocycles. The molecule has 0 aromatic carbocycles. The zero-order valence-corrected chi connectivity index (χ0v) is 13.2. The lowest BCUT2D eigenvalue weighted by Crippen LogP contribution is -2.39. The second-order valence-corrected chi connectivity index (χ2v) is 5.71. The summed E-state index contributed by atoms with van der Waals surface area (Å²) in [6.07, 6.45) is 9.05. The number of nitrogens with one attached hydrogen (secondary N) is 1. The molecule has 1 atom stereocenters. The Kier molecular flexibility index (Phi) is 4.87. The molecule has 1 N–H and O–H groups in total. The van der Waals surface area contributed by atoms with Gasteiger partial charge in [0.2, 0.25) is 0 Å². The number of amides is 2. The third kappa shape index (κ3) is 4.29. The van der Waals surface area contributed by atoms with Gasteiger partial charge >= 0.3 is 6.03 Å². The lowest BCUT2D eigenvalue weighted by molar-refractivity contribution is 0.0819. The minimum atomic E-state index is -0.155. The molecule has 3 heterocycles. The third-order valence-electron chi connectivity index (χ3n) is 3.79. The molecular formula is C16H21N5O2. The zero-order valence-electron chi connectivity index (χ0n) is 13.2. The van der Waals surface area contributed by atoms with E-state index in [2.05, 4.69) is 15.4 Å². The van der Waals surface area contributed by atoms with E-state index in [9.17, 15) is 4.79 Å². The molecule has 1 aliphatic heterocycles. The first-order valence-electron chi connectivity index (χ1n) is 7.76. The Morgan fingerprint density at radius 1 is 1.52 bits per heavy atom. The number of aromatic nitrogens is 3. The van der Waals surface area contributed by atoms with Gasteiger partial charge in [-0.1, -0.05) is 6.07 Å². The Bertz CT molecular complexity index is 637. The van der Waals surface area contributed by atoms with Gasteiger partial charge in [0.25, 0.3) is 0 Å². The van der Waals surface area contributed by atoms with E-state index in [0.29, 0.717) is 18.8 Å². The van der Waals surface area contributed by atoms with Gasteiger partial charge in [-0.05, 0) is 24.5 Å². The van der Waals surface area contributed by atoms with Crippen molar-refractivity contribution < 1.29 is 9.53 Å². The van der Waals surface area contributed by atoms with E-state index in [1.54, 1.807) is 34.4 Å². The largest absolute Gasteiger partial charge is 0.376 e. The van der Waals surface area contributed by atoms with Crippen LogP contribution in [0.1, 0.15) is 18.4 Å². The molecule has 2 aromatic heterocycles. The maximum Gasteiger partial charge on any atom is 0.322 e. The predicted octanol–water partition coefficient (Wildman–Crippen LogP) is 2.03. The fourth-order valence-corrected chi connectivity index (χ4v) is 2.65. The summed E-state index contributed by atoms with van der Waals surface area (Å²) in [5, 5.41) is 6.95. The topological polar surface area (TPSA) is 72.3 Å². The van der Waals surface area contributed by atoms with Crippen LogP contribution < -0.4 is 5.32 Å². The van der Waals surface area contributed by atoms with E-state index in [4.69, 9.17) is 4.74 Å². The lowest BCUT2D eigenvalue weighted by atomic mass is 10.2. The highest BCUT2D eigenvalue weighted by atomic mass is 16.5. The van der Waals surface area contributed by atoms with E-state index in [-0.39, 0.29) is 12.1 Å². The monoisotopic (exact) mass is 315 g/mol. The van der Waals surface area contributed by atoms with Gasteiger partial charge in [0.15, 0.2) is 0 Å². The number of carbonyl (C=O) groups excluding carboxylic acids is 1. The number of urea groups is 1. The van der Waals surface area contributed by atoms with Gasteiger partial charge in [-0.2, -0.15) is 5.10 Å². The number of ether oxygens (including phenoxy) is 1. The summed E-state index contributed by atoms with van der Waals surface area (Å²) in [5.74, 6) is 0. The highest BCUT2D eigenvalue weighted by Crippen LogP contribution is 2.16. The first kappa shape index (κ1) is 15.5. The quantitative estimate of drug-likeness (QED) is 0.916. The Balaban J connectivity index is 1.68. The Labute approximate surface area is 135 Å². The van der Waals surface area contributed by atoms with Crippen LogP contribution in [0.5, 0.6) is 0 Å². The number of nitrogens with zero attached hydrogens (tertiary/aromatic N) is 4. The average Bonchev–Trinajstić information content (AvgIpc) is 3.19. The summed E-state index contributed by atoms with van der Waals surface area (Å²) in [6.45, 7) is 1.84. The van der Waals surface area contributed by atoms with Crippen molar-refractivity contribution in [2.75, 3.05) is 18.5 Å². The van der Waals surface area contributed by atoms with Crippen molar-refractivity contribution in [1.29, 1.82) is 0 Å². The van der Waals surface area contributed by atoms with E-state index in [1.807, 2.05) is 19.2 Å². The molecule has 3 rings (SSSR count). The summed E-state index contributed by atoms with van der Waals surface area (Å²) >= 11 is 0. The molecule has 122 valence electrons. The molecule has 2 aromatic rings. The molecule has 23 heavy (non-hydrogen) atoms. The van der Waals surface area contributed by atoms with Gasteiger partial charge in [-0.15, -0.1) is 0 Å². The van der Waals surface area contributed by atoms with Gasteiger partial charge in [0.05, 0.1) is 18.0 Å². The maximum atomic E-state index is 12.6. The maximum absolute atomic E-state index is 12.6. The molecule has 2 amide bonds. The second-order valence-electron chi connectivity index (χ2n) is 5.71. The number of hydrogen-bond donors (Lipinski definition) is 1. The van der Waals surface area contributed by atoms with E-state index in [1.165, 1.54) is 0 Å². The van der Waals surface area contributed by atoms with Gasteiger partial charge in [0.1, 0.15) is 0 Å². The van der Waals surface area contributed by atoms with Crippen LogP contribution in [0.4, 0.5) is 10.5 Å². The second kappa shape index (κ2) is 7.23. The first-order valence-corrected chi connectivity index (χ1v) is 7.76. The van der Waals surface area contributed by atoms with Gasteiger partial charge in [-0.3, -0.25) is 9.67 Å². The molecule has 0 spiro atoms. The van der Waals surface area contributed by atoms with Crippen molar-refractivity contribution in [3.63, 3.8) is 0 Å². The van der Waals surface area contributed by atoms with E-state index >= 15 is 0 Å². The lowest BCUT2D eigenvalue weighted by Gasteiger charge is -2.25. The van der Waals surface area contributed by atoms with Crippen molar-refractivity contribution in [2.45, 2.75) is 25.5 Å². The molecule has 0 aliphatic carbocycles. The van der Waals surface area contributed by atoms with Gasteiger partial charge in [0, 0.05) is 45.3 Å². The summed E-state index contributed by atoms with van der Waals surface area (Å²) in [4.78, 5) is 18.5. The number of pyridine rings is 1. The molecule has 0 bridgehead atoms. The standard InChI is InChI=1S/C16H21N5O2/c1-20-11-14(9-18-20)19-16(22)21(12-15-5-3-7-23-15)10-13-4-2-6-17-8-13/h2,4,6,8-9,11,15H,3,5,7,10,12H2,1H3,(H,19,22)/t15-/m0/s1. The Hall–Kier alpha value is -2.41. The van der Waals surface area contributed by atoms with Crippen LogP contribution >= 0.6 is 0 Å². The molecule has 1 aliphatic rings. The van der Waals surface area contributed by atoms with Crippen molar-refractivity contribution in [2.24, 2.45) is 7.05 Å². The van der Waals surface area contributed by atoms with Crippen LogP contribution in [0, 0.1) is 0 Å². The van der Waals surface area contributed by atoms with Crippen molar-refractivity contribution in [1.82, 2.24) is 19.7 Å². The number of hydrogen-bond acceptors (Lipinski definition) is 4. The molecule has 0 radical (unpaired) electrons. The third-order valence-corrected chi connectivity index (χ3v) is 3.79. The highest BCUT2D eigenvalue weighted by molar-refractivity contribution is 5.89. The number of aryl methyl sites for hydroxylation is 1. The van der Waals surface area contributed by atoms with Gasteiger partial charge < -0.3 is 15.0 Å². The molecule has 7 nitrogen and oxygen atoms in total. The fourth-order valence-electron chi connectivity index (χ4n) is 2.65. The zero-order chi connectivity index (χ0) is 16.1. The normalized spacial score (nSPS) is 17.2. The minimum absolute atomic E-state index is 0.103. The number of anilines is 1. The molecule has 7 heteroatoms. The van der Waals surface area contributed by atoms with Gasteiger partial charge in [-0.25, -0.2) is 4.79 Å². The summed E-state index contributed by atoms with van der Waals surface area (Å²) < 4.78 is 7.33. The molecule has 1 fully saturated rings. The van der Waals surface area contributed by atoms with Crippen molar-refractivity contribution in [3.8, 4) is 0 Å². The number of rotatable bonds is 5. The smallest absolute Gasteiger partial charge is 0.322 e. The van der Waals surface area contributed by atoms with Crippen LogP contribution in [0.3, 0.4) is 0 Å². The average molecular weight is 315 g/mol. The summed E-state index contributed by atoms with van der Waals surface area (Å²) in [6, 6.07) is 3.68. The number of carbonyl (C=O) groups is 1. The van der Waals surface area contributed by atoms with Crippen LogP contribution in [0.25, 0.3) is 0 Å². The SMILES string of the molecule is Cn1cc(NC(=O)N(Cc2cccnc2)C[C@@H]2CCCO2)cn1. The van der Waals surface area contributed by atoms with Crippen LogP contribution in [0.15, 0.2) is 36.9 Å².